The van der Waals surface area contributed by atoms with Crippen LogP contribution in [-0.4, -0.2) is 45.8 Å². The fourth-order valence-electron chi connectivity index (χ4n) is 3.86. The molecule has 28 heavy (non-hydrogen) atoms. The molecular weight excluding hydrogens is 352 g/mol. The van der Waals surface area contributed by atoms with Crippen LogP contribution in [0.5, 0.6) is 5.75 Å². The van der Waals surface area contributed by atoms with E-state index >= 15 is 0 Å². The maximum atomic E-state index is 13.3. The monoisotopic (exact) mass is 378 g/mol. The lowest BCUT2D eigenvalue weighted by molar-refractivity contribution is 0.0726. The molecular formula is C22H26N4O2. The zero-order valence-corrected chi connectivity index (χ0v) is 16.7. The number of rotatable bonds is 4. The smallest absolute Gasteiger partial charge is 0.254 e. The van der Waals surface area contributed by atoms with Gasteiger partial charge in [0, 0.05) is 18.8 Å². The Hall–Kier alpha value is -2.89. The van der Waals surface area contributed by atoms with Crippen LogP contribution in [0.2, 0.25) is 0 Å². The molecule has 0 aliphatic carbocycles. The van der Waals surface area contributed by atoms with E-state index in [9.17, 15) is 4.79 Å². The number of piperidine rings is 1. The van der Waals surface area contributed by atoms with Crippen molar-refractivity contribution >= 4 is 16.9 Å². The fraction of sp³-hybridized carbons (Fsp3) is 0.409. The van der Waals surface area contributed by atoms with E-state index in [1.807, 2.05) is 46.8 Å². The number of benzene rings is 1. The van der Waals surface area contributed by atoms with Crippen LogP contribution in [0.25, 0.3) is 16.7 Å². The molecule has 6 nitrogen and oxygen atoms in total. The summed E-state index contributed by atoms with van der Waals surface area (Å²) < 4.78 is 7.09. The number of pyridine rings is 1. The first-order valence-electron chi connectivity index (χ1n) is 9.95. The molecule has 0 atom stereocenters. The average Bonchev–Trinajstić information content (AvgIpc) is 3.09. The summed E-state index contributed by atoms with van der Waals surface area (Å²) in [6.45, 7) is 5.67. The second kappa shape index (κ2) is 7.62. The molecule has 6 heteroatoms. The molecule has 1 aliphatic heterocycles. The predicted octanol–water partition coefficient (Wildman–Crippen LogP) is 3.93. The van der Waals surface area contributed by atoms with E-state index in [4.69, 9.17) is 14.8 Å². The van der Waals surface area contributed by atoms with Gasteiger partial charge in [-0.3, -0.25) is 4.79 Å². The number of likely N-dealkylation sites (tertiary alicyclic amines) is 1. The number of aromatic nitrogens is 3. The van der Waals surface area contributed by atoms with Gasteiger partial charge in [-0.25, -0.2) is 9.67 Å². The van der Waals surface area contributed by atoms with Gasteiger partial charge in [-0.1, -0.05) is 6.92 Å². The quantitative estimate of drug-likeness (QED) is 0.690. The topological polar surface area (TPSA) is 60.2 Å². The molecule has 4 rings (SSSR count). The largest absolute Gasteiger partial charge is 0.497 e. The SMILES string of the molecule is CCc1cc(C(=O)N2CCCCC2)c2c(C)nn(-c3ccc(OC)cc3)c2n1. The fourth-order valence-corrected chi connectivity index (χ4v) is 3.86. The number of methoxy groups -OCH3 is 1. The number of carbonyl (C=O) groups excluding carboxylic acids is 1. The molecule has 3 aromatic rings. The van der Waals surface area contributed by atoms with Crippen molar-refractivity contribution in [3.8, 4) is 11.4 Å². The molecule has 3 heterocycles. The second-order valence-corrected chi connectivity index (χ2v) is 7.26. The molecule has 1 aromatic carbocycles. The summed E-state index contributed by atoms with van der Waals surface area (Å²) in [6, 6.07) is 9.67. The molecule has 1 fully saturated rings. The minimum atomic E-state index is 0.0965. The first-order valence-corrected chi connectivity index (χ1v) is 9.95. The molecule has 0 radical (unpaired) electrons. The first-order chi connectivity index (χ1) is 13.6. The van der Waals surface area contributed by atoms with Crippen molar-refractivity contribution in [2.45, 2.75) is 39.5 Å². The summed E-state index contributed by atoms with van der Waals surface area (Å²) in [5, 5.41) is 5.57. The van der Waals surface area contributed by atoms with Crippen LogP contribution in [-0.2, 0) is 6.42 Å². The molecule has 0 spiro atoms. The lowest BCUT2D eigenvalue weighted by Gasteiger charge is -2.27. The van der Waals surface area contributed by atoms with Gasteiger partial charge in [0.1, 0.15) is 5.75 Å². The third-order valence-corrected chi connectivity index (χ3v) is 5.42. The van der Waals surface area contributed by atoms with Crippen LogP contribution in [0.15, 0.2) is 30.3 Å². The number of aryl methyl sites for hydroxylation is 2. The second-order valence-electron chi connectivity index (χ2n) is 7.26. The number of hydrogen-bond acceptors (Lipinski definition) is 4. The van der Waals surface area contributed by atoms with Gasteiger partial charge in [-0.15, -0.1) is 0 Å². The number of amides is 1. The van der Waals surface area contributed by atoms with Crippen molar-refractivity contribution in [1.82, 2.24) is 19.7 Å². The zero-order valence-electron chi connectivity index (χ0n) is 16.7. The van der Waals surface area contributed by atoms with Crippen molar-refractivity contribution in [3.05, 3.63) is 47.3 Å². The lowest BCUT2D eigenvalue weighted by Crippen LogP contribution is -2.35. The Bertz CT molecular complexity index is 1000. The Morgan fingerprint density at radius 2 is 1.86 bits per heavy atom. The van der Waals surface area contributed by atoms with Gasteiger partial charge < -0.3 is 9.64 Å². The van der Waals surface area contributed by atoms with E-state index in [0.29, 0.717) is 0 Å². The van der Waals surface area contributed by atoms with E-state index < -0.39 is 0 Å². The third kappa shape index (κ3) is 3.23. The van der Waals surface area contributed by atoms with Gasteiger partial charge in [0.25, 0.3) is 5.91 Å². The Labute approximate surface area is 165 Å². The highest BCUT2D eigenvalue weighted by molar-refractivity contribution is 6.06. The summed E-state index contributed by atoms with van der Waals surface area (Å²) in [6.07, 6.45) is 4.11. The van der Waals surface area contributed by atoms with Crippen molar-refractivity contribution in [3.63, 3.8) is 0 Å². The van der Waals surface area contributed by atoms with Gasteiger partial charge in [0.05, 0.1) is 29.4 Å². The molecule has 146 valence electrons. The number of hydrogen-bond donors (Lipinski definition) is 0. The standard InChI is InChI=1S/C22H26N4O2/c1-4-16-14-19(22(27)25-12-6-5-7-13-25)20-15(2)24-26(21(20)23-16)17-8-10-18(28-3)11-9-17/h8-11,14H,4-7,12-13H2,1-3H3. The van der Waals surface area contributed by atoms with E-state index in [2.05, 4.69) is 6.92 Å². The third-order valence-electron chi connectivity index (χ3n) is 5.42. The van der Waals surface area contributed by atoms with Gasteiger partial charge in [-0.05, 0) is 62.9 Å². The number of fused-ring (bicyclic) bond motifs is 1. The molecule has 0 bridgehead atoms. The molecule has 0 unspecified atom stereocenters. The van der Waals surface area contributed by atoms with Gasteiger partial charge in [0.15, 0.2) is 5.65 Å². The lowest BCUT2D eigenvalue weighted by atomic mass is 10.0. The highest BCUT2D eigenvalue weighted by atomic mass is 16.5. The highest BCUT2D eigenvalue weighted by Crippen LogP contribution is 2.27. The molecule has 1 amide bonds. The normalized spacial score (nSPS) is 14.5. The first kappa shape index (κ1) is 18.5. The Morgan fingerprint density at radius 1 is 1.14 bits per heavy atom. The summed E-state index contributed by atoms with van der Waals surface area (Å²) in [7, 11) is 1.65. The molecule has 2 aromatic heterocycles. The number of carbonyl (C=O) groups is 1. The Balaban J connectivity index is 1.86. The van der Waals surface area contributed by atoms with Crippen LogP contribution in [0.1, 0.15) is 47.9 Å². The van der Waals surface area contributed by atoms with E-state index in [-0.39, 0.29) is 5.91 Å². The van der Waals surface area contributed by atoms with Crippen LogP contribution in [0, 0.1) is 6.92 Å². The maximum absolute atomic E-state index is 13.3. The summed E-state index contributed by atoms with van der Waals surface area (Å²) in [5.74, 6) is 0.888. The predicted molar refractivity (Wildman–Crippen MR) is 109 cm³/mol. The van der Waals surface area contributed by atoms with Crippen LogP contribution in [0.4, 0.5) is 0 Å². The van der Waals surface area contributed by atoms with E-state index in [1.165, 1.54) is 6.42 Å². The van der Waals surface area contributed by atoms with Crippen molar-refractivity contribution in [2.75, 3.05) is 20.2 Å². The van der Waals surface area contributed by atoms with Gasteiger partial charge in [0.2, 0.25) is 0 Å². The Morgan fingerprint density at radius 3 is 2.50 bits per heavy atom. The molecule has 0 saturated carbocycles. The van der Waals surface area contributed by atoms with Crippen molar-refractivity contribution in [2.24, 2.45) is 0 Å². The van der Waals surface area contributed by atoms with Crippen LogP contribution >= 0.6 is 0 Å². The number of nitrogens with zero attached hydrogens (tertiary/aromatic N) is 4. The van der Waals surface area contributed by atoms with Crippen molar-refractivity contribution in [1.29, 1.82) is 0 Å². The van der Waals surface area contributed by atoms with E-state index in [1.54, 1.807) is 7.11 Å². The average molecular weight is 378 g/mol. The minimum absolute atomic E-state index is 0.0965. The van der Waals surface area contributed by atoms with Gasteiger partial charge >= 0.3 is 0 Å². The minimum Gasteiger partial charge on any atom is -0.497 e. The summed E-state index contributed by atoms with van der Waals surface area (Å²) in [5.41, 5.74) is 4.09. The van der Waals surface area contributed by atoms with Gasteiger partial charge in [-0.2, -0.15) is 5.10 Å². The molecule has 1 saturated heterocycles. The molecule has 1 aliphatic rings. The van der Waals surface area contributed by atoms with Crippen LogP contribution < -0.4 is 4.74 Å². The van der Waals surface area contributed by atoms with Crippen molar-refractivity contribution < 1.29 is 9.53 Å². The summed E-state index contributed by atoms with van der Waals surface area (Å²) >= 11 is 0. The maximum Gasteiger partial charge on any atom is 0.254 e. The highest BCUT2D eigenvalue weighted by Gasteiger charge is 2.24. The zero-order chi connectivity index (χ0) is 19.7. The summed E-state index contributed by atoms with van der Waals surface area (Å²) in [4.78, 5) is 20.1. The van der Waals surface area contributed by atoms with E-state index in [0.717, 1.165) is 71.8 Å². The Kier molecular flexibility index (Phi) is 5.03. The van der Waals surface area contributed by atoms with Crippen LogP contribution in [0.3, 0.4) is 0 Å². The number of ether oxygens (including phenoxy) is 1. The molecule has 0 N–H and O–H groups in total.